The molecule has 1 heterocycles. The average molecular weight is 235 g/mol. The molecule has 1 aromatic heterocycles. The van der Waals surface area contributed by atoms with Crippen LogP contribution in [0.5, 0.6) is 5.75 Å². The van der Waals surface area contributed by atoms with Crippen LogP contribution in [-0.2, 0) is 4.74 Å². The fourth-order valence-electron chi connectivity index (χ4n) is 1.42. The maximum atomic E-state index is 5.38. The van der Waals surface area contributed by atoms with Crippen molar-refractivity contribution in [3.63, 3.8) is 0 Å². The Morgan fingerprint density at radius 1 is 1.31 bits per heavy atom. The Balaban J connectivity index is 2.35. The van der Waals surface area contributed by atoms with Gasteiger partial charge in [-0.15, -0.1) is 11.8 Å². The zero-order valence-electron chi connectivity index (χ0n) is 9.27. The Morgan fingerprint density at radius 2 is 2.19 bits per heavy atom. The predicted molar refractivity (Wildman–Crippen MR) is 66.0 cm³/mol. The number of pyridine rings is 1. The molecule has 0 bridgehead atoms. The average Bonchev–Trinajstić information content (AvgIpc) is 2.35. The van der Waals surface area contributed by atoms with E-state index in [0.717, 1.165) is 21.5 Å². The second-order valence-electron chi connectivity index (χ2n) is 3.28. The number of hydrogen-bond acceptors (Lipinski definition) is 4. The third kappa shape index (κ3) is 2.46. The maximum Gasteiger partial charge on any atom is 0.188 e. The fraction of sp³-hybridized carbons (Fsp3) is 0.250. The first kappa shape index (κ1) is 11.2. The standard InChI is InChI=1S/C12H13NO2S/c1-14-8-15-10-3-4-12-9(5-10)6-11(16-2)7-13-12/h3-7H,8H2,1-2H3. The second-order valence-corrected chi connectivity index (χ2v) is 4.16. The molecular weight excluding hydrogens is 222 g/mol. The van der Waals surface area contributed by atoms with Crippen molar-refractivity contribution in [1.82, 2.24) is 4.98 Å². The molecule has 2 rings (SSSR count). The molecule has 2 aromatic rings. The molecule has 0 N–H and O–H groups in total. The number of rotatable bonds is 4. The van der Waals surface area contributed by atoms with Gasteiger partial charge in [0.15, 0.2) is 6.79 Å². The Bertz CT molecular complexity index is 487. The van der Waals surface area contributed by atoms with Crippen molar-refractivity contribution >= 4 is 22.7 Å². The first-order valence-corrected chi connectivity index (χ1v) is 6.11. The molecule has 4 heteroatoms. The molecule has 84 valence electrons. The molecule has 0 spiro atoms. The zero-order valence-corrected chi connectivity index (χ0v) is 10.1. The summed E-state index contributed by atoms with van der Waals surface area (Å²) in [5, 5.41) is 1.08. The van der Waals surface area contributed by atoms with E-state index >= 15 is 0 Å². The quantitative estimate of drug-likeness (QED) is 0.602. The summed E-state index contributed by atoms with van der Waals surface area (Å²) in [6.45, 7) is 0.265. The van der Waals surface area contributed by atoms with Gasteiger partial charge in [-0.25, -0.2) is 0 Å². The summed E-state index contributed by atoms with van der Waals surface area (Å²) < 4.78 is 10.2. The van der Waals surface area contributed by atoms with Crippen LogP contribution < -0.4 is 4.74 Å². The van der Waals surface area contributed by atoms with Gasteiger partial charge in [0.2, 0.25) is 0 Å². The van der Waals surface area contributed by atoms with Crippen molar-refractivity contribution in [3.05, 3.63) is 30.5 Å². The van der Waals surface area contributed by atoms with Crippen molar-refractivity contribution in [1.29, 1.82) is 0 Å². The van der Waals surface area contributed by atoms with Gasteiger partial charge < -0.3 is 9.47 Å². The van der Waals surface area contributed by atoms with Crippen LogP contribution in [0.3, 0.4) is 0 Å². The van der Waals surface area contributed by atoms with Gasteiger partial charge in [-0.1, -0.05) is 0 Å². The van der Waals surface area contributed by atoms with E-state index in [1.54, 1.807) is 18.9 Å². The van der Waals surface area contributed by atoms with Crippen LogP contribution in [0, 0.1) is 0 Å². The zero-order chi connectivity index (χ0) is 11.4. The van der Waals surface area contributed by atoms with E-state index in [-0.39, 0.29) is 6.79 Å². The summed E-state index contributed by atoms with van der Waals surface area (Å²) in [5.41, 5.74) is 0.975. The number of fused-ring (bicyclic) bond motifs is 1. The van der Waals surface area contributed by atoms with Crippen LogP contribution in [0.2, 0.25) is 0 Å². The van der Waals surface area contributed by atoms with Gasteiger partial charge in [-0.05, 0) is 30.5 Å². The lowest BCUT2D eigenvalue weighted by atomic mass is 10.2. The van der Waals surface area contributed by atoms with E-state index in [2.05, 4.69) is 11.1 Å². The molecule has 1 aromatic carbocycles. The van der Waals surface area contributed by atoms with Crippen LogP contribution in [0.15, 0.2) is 35.4 Å². The fourth-order valence-corrected chi connectivity index (χ4v) is 1.82. The second kappa shape index (κ2) is 5.18. The predicted octanol–water partition coefficient (Wildman–Crippen LogP) is 2.94. The Labute approximate surface area is 98.8 Å². The third-order valence-corrected chi connectivity index (χ3v) is 2.90. The van der Waals surface area contributed by atoms with Gasteiger partial charge in [0.25, 0.3) is 0 Å². The molecule has 0 aliphatic carbocycles. The largest absolute Gasteiger partial charge is 0.468 e. The van der Waals surface area contributed by atoms with Gasteiger partial charge in [-0.2, -0.15) is 0 Å². The molecule has 0 radical (unpaired) electrons. The van der Waals surface area contributed by atoms with E-state index in [0.29, 0.717) is 0 Å². The van der Waals surface area contributed by atoms with Crippen molar-refractivity contribution in [2.24, 2.45) is 0 Å². The van der Waals surface area contributed by atoms with Gasteiger partial charge in [-0.3, -0.25) is 4.98 Å². The van der Waals surface area contributed by atoms with E-state index in [9.17, 15) is 0 Å². The number of thioether (sulfide) groups is 1. The van der Waals surface area contributed by atoms with Crippen LogP contribution in [0.4, 0.5) is 0 Å². The van der Waals surface area contributed by atoms with Gasteiger partial charge in [0.05, 0.1) is 5.52 Å². The Hall–Kier alpha value is -1.26. The molecule has 0 saturated heterocycles. The first-order chi connectivity index (χ1) is 7.83. The monoisotopic (exact) mass is 235 g/mol. The lowest BCUT2D eigenvalue weighted by Gasteiger charge is -2.06. The SMILES string of the molecule is COCOc1ccc2ncc(SC)cc2c1. The summed E-state index contributed by atoms with van der Waals surface area (Å²) in [5.74, 6) is 0.800. The highest BCUT2D eigenvalue weighted by Gasteiger charge is 2.00. The number of nitrogens with zero attached hydrogens (tertiary/aromatic N) is 1. The maximum absolute atomic E-state index is 5.38. The third-order valence-electron chi connectivity index (χ3n) is 2.21. The first-order valence-electron chi connectivity index (χ1n) is 4.89. The van der Waals surface area contributed by atoms with Gasteiger partial charge >= 0.3 is 0 Å². The minimum absolute atomic E-state index is 0.265. The van der Waals surface area contributed by atoms with Gasteiger partial charge in [0, 0.05) is 23.6 Å². The lowest BCUT2D eigenvalue weighted by Crippen LogP contribution is -1.98. The summed E-state index contributed by atoms with van der Waals surface area (Å²) in [6, 6.07) is 7.92. The van der Waals surface area contributed by atoms with Crippen molar-refractivity contribution in [3.8, 4) is 5.75 Å². The van der Waals surface area contributed by atoms with Crippen LogP contribution in [-0.4, -0.2) is 25.1 Å². The molecule has 0 aliphatic rings. The van der Waals surface area contributed by atoms with E-state index in [4.69, 9.17) is 9.47 Å². The van der Waals surface area contributed by atoms with E-state index in [1.807, 2.05) is 30.7 Å². The number of ether oxygens (including phenoxy) is 2. The minimum atomic E-state index is 0.265. The Morgan fingerprint density at radius 3 is 2.94 bits per heavy atom. The molecular formula is C12H13NO2S. The number of hydrogen-bond donors (Lipinski definition) is 0. The van der Waals surface area contributed by atoms with Crippen molar-refractivity contribution in [2.75, 3.05) is 20.2 Å². The minimum Gasteiger partial charge on any atom is -0.468 e. The normalized spacial score (nSPS) is 10.6. The highest BCUT2D eigenvalue weighted by atomic mass is 32.2. The number of aromatic nitrogens is 1. The molecule has 16 heavy (non-hydrogen) atoms. The van der Waals surface area contributed by atoms with E-state index in [1.165, 1.54) is 0 Å². The Kier molecular flexibility index (Phi) is 3.64. The summed E-state index contributed by atoms with van der Waals surface area (Å²) in [7, 11) is 1.61. The summed E-state index contributed by atoms with van der Waals surface area (Å²) in [4.78, 5) is 5.52. The summed E-state index contributed by atoms with van der Waals surface area (Å²) >= 11 is 1.68. The molecule has 0 amide bonds. The van der Waals surface area contributed by atoms with Crippen LogP contribution >= 0.6 is 11.8 Å². The van der Waals surface area contributed by atoms with Crippen molar-refractivity contribution in [2.45, 2.75) is 4.90 Å². The summed E-state index contributed by atoms with van der Waals surface area (Å²) in [6.07, 6.45) is 3.91. The molecule has 0 atom stereocenters. The smallest absolute Gasteiger partial charge is 0.188 e. The highest BCUT2D eigenvalue weighted by molar-refractivity contribution is 7.98. The molecule has 0 aliphatic heterocycles. The molecule has 3 nitrogen and oxygen atoms in total. The molecule has 0 unspecified atom stereocenters. The van der Waals surface area contributed by atoms with E-state index < -0.39 is 0 Å². The van der Waals surface area contributed by atoms with Gasteiger partial charge in [0.1, 0.15) is 5.75 Å². The van der Waals surface area contributed by atoms with Crippen LogP contribution in [0.25, 0.3) is 10.9 Å². The topological polar surface area (TPSA) is 31.4 Å². The van der Waals surface area contributed by atoms with Crippen molar-refractivity contribution < 1.29 is 9.47 Å². The van der Waals surface area contributed by atoms with Crippen LogP contribution in [0.1, 0.15) is 0 Å². The number of benzene rings is 1. The molecule has 0 saturated carbocycles. The number of methoxy groups -OCH3 is 1. The lowest BCUT2D eigenvalue weighted by molar-refractivity contribution is 0.0512. The highest BCUT2D eigenvalue weighted by Crippen LogP contribution is 2.23. The molecule has 0 fully saturated rings.